The Bertz CT molecular complexity index is 1450. The fraction of sp³-hybridized carbons (Fsp3) is 0.214. The van der Waals surface area contributed by atoms with Gasteiger partial charge in [0.25, 0.3) is 5.56 Å². The van der Waals surface area contributed by atoms with Crippen LogP contribution in [0.1, 0.15) is 16.7 Å². The summed E-state index contributed by atoms with van der Waals surface area (Å²) in [5, 5.41) is 3.73. The maximum atomic E-state index is 13.3. The van der Waals surface area contributed by atoms with Crippen LogP contribution in [0.15, 0.2) is 71.5 Å². The van der Waals surface area contributed by atoms with Crippen molar-refractivity contribution in [1.82, 2.24) is 9.88 Å². The number of hydrogen-bond acceptors (Lipinski definition) is 5. The molecule has 2 heterocycles. The first kappa shape index (κ1) is 23.3. The Balaban J connectivity index is 1.44. The third-order valence-corrected chi connectivity index (χ3v) is 6.07. The molecule has 1 aliphatic heterocycles. The number of amides is 2. The topological polar surface area (TPSA) is 92.9 Å². The molecule has 0 atom stereocenters. The van der Waals surface area contributed by atoms with Crippen LogP contribution >= 0.6 is 0 Å². The Morgan fingerprint density at radius 1 is 0.972 bits per heavy atom. The van der Waals surface area contributed by atoms with Crippen LogP contribution in [0.3, 0.4) is 0 Å². The molecular formula is C28H27N3O5. The molecule has 0 aliphatic carbocycles. The number of benzene rings is 3. The Labute approximate surface area is 208 Å². The highest BCUT2D eigenvalue weighted by Gasteiger charge is 2.19. The summed E-state index contributed by atoms with van der Waals surface area (Å²) in [6.45, 7) is 3.42. The summed E-state index contributed by atoms with van der Waals surface area (Å²) in [7, 11) is 1.59. The molecule has 0 bridgehead atoms. The number of nitrogens with one attached hydrogen (secondary N) is 2. The number of carbonyl (C=O) groups excluding carboxylic acids is 1. The van der Waals surface area contributed by atoms with Crippen LogP contribution in [0.4, 0.5) is 10.5 Å². The van der Waals surface area contributed by atoms with Crippen molar-refractivity contribution in [2.75, 3.05) is 25.6 Å². The number of methoxy groups -OCH3 is 1. The number of rotatable bonds is 6. The largest absolute Gasteiger partial charge is 0.497 e. The molecule has 1 aliphatic rings. The van der Waals surface area contributed by atoms with Crippen molar-refractivity contribution in [3.05, 3.63) is 93.8 Å². The summed E-state index contributed by atoms with van der Waals surface area (Å²) in [6, 6.07) is 20.2. The zero-order valence-electron chi connectivity index (χ0n) is 20.2. The van der Waals surface area contributed by atoms with Crippen LogP contribution in [0.2, 0.25) is 0 Å². The lowest BCUT2D eigenvalue weighted by molar-refractivity contribution is 0.172. The lowest BCUT2D eigenvalue weighted by Gasteiger charge is -2.24. The molecule has 0 radical (unpaired) electrons. The minimum atomic E-state index is -0.317. The first-order valence-corrected chi connectivity index (χ1v) is 11.7. The number of H-pyrrole nitrogens is 1. The second-order valence-electron chi connectivity index (χ2n) is 8.71. The molecule has 1 aromatic heterocycles. The van der Waals surface area contributed by atoms with Crippen LogP contribution in [-0.4, -0.2) is 36.2 Å². The number of anilines is 1. The van der Waals surface area contributed by atoms with Crippen LogP contribution < -0.4 is 25.1 Å². The number of aromatic amines is 1. The third kappa shape index (κ3) is 5.12. The first-order chi connectivity index (χ1) is 17.5. The average Bonchev–Trinajstić information content (AvgIpc) is 2.89. The van der Waals surface area contributed by atoms with E-state index < -0.39 is 0 Å². The molecule has 3 aromatic carbocycles. The highest BCUT2D eigenvalue weighted by atomic mass is 16.6. The molecular weight excluding hydrogens is 458 g/mol. The molecule has 8 heteroatoms. The Hall–Kier alpha value is -4.46. The van der Waals surface area contributed by atoms with Gasteiger partial charge in [-0.3, -0.25) is 4.79 Å². The number of aryl methyl sites for hydroxylation is 1. The van der Waals surface area contributed by atoms with E-state index in [4.69, 9.17) is 14.2 Å². The second kappa shape index (κ2) is 10.0. The van der Waals surface area contributed by atoms with Crippen molar-refractivity contribution in [2.45, 2.75) is 20.0 Å². The summed E-state index contributed by atoms with van der Waals surface area (Å²) < 4.78 is 16.5. The normalized spacial score (nSPS) is 12.3. The van der Waals surface area contributed by atoms with E-state index in [0.29, 0.717) is 53.8 Å². The lowest BCUT2D eigenvalue weighted by atomic mass is 10.1. The minimum Gasteiger partial charge on any atom is -0.497 e. The van der Waals surface area contributed by atoms with E-state index in [-0.39, 0.29) is 18.1 Å². The smallest absolute Gasteiger partial charge is 0.322 e. The quantitative estimate of drug-likeness (QED) is 0.407. The molecule has 0 spiro atoms. The van der Waals surface area contributed by atoms with Crippen molar-refractivity contribution in [1.29, 1.82) is 0 Å². The molecule has 0 saturated carbocycles. The standard InChI is InChI=1S/C28H27N3O5/c1-18-3-5-19(6-4-18)16-31(28(33)29-22-7-9-23(34-2)10-8-22)17-21-13-20-14-25-26(36-12-11-35-25)15-24(20)30-27(21)32/h3-10,13-15H,11-12,16-17H2,1-2H3,(H,29,33)(H,30,32). The van der Waals surface area contributed by atoms with Gasteiger partial charge in [0.15, 0.2) is 11.5 Å². The molecule has 36 heavy (non-hydrogen) atoms. The zero-order chi connectivity index (χ0) is 25.1. The van der Waals surface area contributed by atoms with E-state index in [0.717, 1.165) is 16.5 Å². The highest BCUT2D eigenvalue weighted by Crippen LogP contribution is 2.33. The summed E-state index contributed by atoms with van der Waals surface area (Å²) in [5.41, 5.74) is 3.59. The molecule has 4 aromatic rings. The molecule has 2 amide bonds. The van der Waals surface area contributed by atoms with Crippen molar-refractivity contribution in [3.63, 3.8) is 0 Å². The van der Waals surface area contributed by atoms with Gasteiger partial charge in [-0.1, -0.05) is 29.8 Å². The fourth-order valence-corrected chi connectivity index (χ4v) is 4.10. The van der Waals surface area contributed by atoms with Crippen LogP contribution in [0.5, 0.6) is 17.2 Å². The van der Waals surface area contributed by atoms with Crippen molar-refractivity contribution < 1.29 is 19.0 Å². The van der Waals surface area contributed by atoms with Gasteiger partial charge in [-0.05, 0) is 48.9 Å². The molecule has 0 saturated heterocycles. The Kier molecular flexibility index (Phi) is 6.49. The van der Waals surface area contributed by atoms with Gasteiger partial charge in [-0.15, -0.1) is 0 Å². The highest BCUT2D eigenvalue weighted by molar-refractivity contribution is 5.89. The van der Waals surface area contributed by atoms with Crippen molar-refractivity contribution in [3.8, 4) is 17.2 Å². The number of ether oxygens (including phenoxy) is 3. The van der Waals surface area contributed by atoms with Crippen LogP contribution in [0, 0.1) is 6.92 Å². The van der Waals surface area contributed by atoms with Gasteiger partial charge in [0.05, 0.1) is 19.2 Å². The van der Waals surface area contributed by atoms with Gasteiger partial charge in [-0.2, -0.15) is 0 Å². The SMILES string of the molecule is COc1ccc(NC(=O)N(Cc2ccc(C)cc2)Cc2cc3cc4c(cc3[nH]c2=O)OCCO4)cc1. The minimum absolute atomic E-state index is 0.121. The predicted octanol–water partition coefficient (Wildman–Crippen LogP) is 4.85. The molecule has 0 unspecified atom stereocenters. The number of hydrogen-bond donors (Lipinski definition) is 2. The maximum Gasteiger partial charge on any atom is 0.322 e. The van der Waals surface area contributed by atoms with Gasteiger partial charge < -0.3 is 29.4 Å². The summed E-state index contributed by atoms with van der Waals surface area (Å²) in [5.74, 6) is 1.95. The number of carbonyl (C=O) groups is 1. The van der Waals surface area contributed by atoms with E-state index >= 15 is 0 Å². The summed E-state index contributed by atoms with van der Waals surface area (Å²) in [4.78, 5) is 30.9. The van der Waals surface area contributed by atoms with Gasteiger partial charge in [0.2, 0.25) is 0 Å². The second-order valence-corrected chi connectivity index (χ2v) is 8.71. The van der Waals surface area contributed by atoms with E-state index in [1.54, 1.807) is 48.4 Å². The number of aromatic nitrogens is 1. The summed E-state index contributed by atoms with van der Waals surface area (Å²) >= 11 is 0. The molecule has 2 N–H and O–H groups in total. The lowest BCUT2D eigenvalue weighted by Crippen LogP contribution is -2.35. The Morgan fingerprint density at radius 3 is 2.36 bits per heavy atom. The number of nitrogens with zero attached hydrogens (tertiary/aromatic N) is 1. The van der Waals surface area contributed by atoms with Crippen molar-refractivity contribution >= 4 is 22.6 Å². The summed E-state index contributed by atoms with van der Waals surface area (Å²) in [6.07, 6.45) is 0. The van der Waals surface area contributed by atoms with E-state index in [9.17, 15) is 9.59 Å². The first-order valence-electron chi connectivity index (χ1n) is 11.7. The predicted molar refractivity (Wildman–Crippen MR) is 138 cm³/mol. The van der Waals surface area contributed by atoms with Gasteiger partial charge >= 0.3 is 6.03 Å². The van der Waals surface area contributed by atoms with Crippen molar-refractivity contribution in [2.24, 2.45) is 0 Å². The Morgan fingerprint density at radius 2 is 1.67 bits per heavy atom. The van der Waals surface area contributed by atoms with E-state index in [2.05, 4.69) is 10.3 Å². The average molecular weight is 486 g/mol. The van der Waals surface area contributed by atoms with Gasteiger partial charge in [-0.25, -0.2) is 4.79 Å². The molecule has 5 rings (SSSR count). The number of urea groups is 1. The molecule has 8 nitrogen and oxygen atoms in total. The van der Waals surface area contributed by atoms with Gasteiger partial charge in [0.1, 0.15) is 19.0 Å². The third-order valence-electron chi connectivity index (χ3n) is 6.07. The maximum absolute atomic E-state index is 13.3. The van der Waals surface area contributed by atoms with E-state index in [1.807, 2.05) is 37.3 Å². The fourth-order valence-electron chi connectivity index (χ4n) is 4.10. The molecule has 0 fully saturated rings. The van der Waals surface area contributed by atoms with Crippen LogP contribution in [-0.2, 0) is 13.1 Å². The molecule has 184 valence electrons. The monoisotopic (exact) mass is 485 g/mol. The number of fused-ring (bicyclic) bond motifs is 2. The van der Waals surface area contributed by atoms with E-state index in [1.165, 1.54) is 0 Å². The van der Waals surface area contributed by atoms with Crippen LogP contribution in [0.25, 0.3) is 10.9 Å². The zero-order valence-corrected chi connectivity index (χ0v) is 20.2. The van der Waals surface area contributed by atoms with Gasteiger partial charge in [0, 0.05) is 29.2 Å². The number of pyridine rings is 1.